The van der Waals surface area contributed by atoms with Gasteiger partial charge >= 0.3 is 10.3 Å². The van der Waals surface area contributed by atoms with Crippen LogP contribution < -0.4 is 15.8 Å². The number of ether oxygens (including phenoxy) is 1. The van der Waals surface area contributed by atoms with E-state index in [4.69, 9.17) is 9.88 Å². The average Bonchev–Trinajstić information content (AvgIpc) is 3.20. The molecule has 1 atom stereocenters. The number of nitrogens with two attached hydrogens (primary N) is 1. The van der Waals surface area contributed by atoms with Crippen LogP contribution >= 0.6 is 0 Å². The lowest BCUT2D eigenvalue weighted by molar-refractivity contribution is -0.119. The Bertz CT molecular complexity index is 1200. The smallest absolute Gasteiger partial charge is 0.333 e. The van der Waals surface area contributed by atoms with Crippen molar-refractivity contribution in [1.29, 1.82) is 0 Å². The zero-order valence-electron chi connectivity index (χ0n) is 18.4. The Morgan fingerprint density at radius 1 is 1.18 bits per heavy atom. The number of aryl methyl sites for hydroxylation is 1. The first-order chi connectivity index (χ1) is 15.8. The highest BCUT2D eigenvalue weighted by Gasteiger charge is 2.15. The fourth-order valence-corrected chi connectivity index (χ4v) is 3.54. The van der Waals surface area contributed by atoms with Crippen LogP contribution in [0.15, 0.2) is 36.9 Å². The SMILES string of the molecule is CO[C@@H](CCn1cnc2c(NCc3ccccc3CNC(C)=O)ncnc21)COS(N)(=O)=O. The van der Waals surface area contributed by atoms with Gasteiger partial charge in [-0.1, -0.05) is 24.3 Å². The summed E-state index contributed by atoms with van der Waals surface area (Å²) in [6, 6.07) is 7.80. The van der Waals surface area contributed by atoms with Crippen LogP contribution in [0.2, 0.25) is 0 Å². The Hall–Kier alpha value is -3.13. The summed E-state index contributed by atoms with van der Waals surface area (Å²) in [5.74, 6) is 0.488. The van der Waals surface area contributed by atoms with Gasteiger partial charge in [-0.15, -0.1) is 0 Å². The van der Waals surface area contributed by atoms with E-state index in [1.54, 1.807) is 6.33 Å². The fraction of sp³-hybridized carbons (Fsp3) is 0.400. The molecule has 0 aliphatic rings. The standard InChI is InChI=1S/C20H27N7O5S/c1-14(28)22-9-15-5-3-4-6-16(15)10-23-19-18-20(25-12-24-19)27(13-26-18)8-7-17(31-2)11-32-33(21,29)30/h3-6,12-13,17H,7-11H2,1-2H3,(H,22,28)(H2,21,29,30)(H,23,24,25)/t17-/m0/s1. The van der Waals surface area contributed by atoms with Gasteiger partial charge in [-0.25, -0.2) is 20.1 Å². The highest BCUT2D eigenvalue weighted by Crippen LogP contribution is 2.20. The van der Waals surface area contributed by atoms with Gasteiger partial charge in [0, 0.05) is 33.7 Å². The Morgan fingerprint density at radius 2 is 1.91 bits per heavy atom. The summed E-state index contributed by atoms with van der Waals surface area (Å²) in [6.45, 7) is 2.71. The molecule has 0 aliphatic carbocycles. The quantitative estimate of drug-likeness (QED) is 0.341. The molecule has 0 saturated carbocycles. The topological polar surface area (TPSA) is 163 Å². The second kappa shape index (κ2) is 11.1. The number of hydrogen-bond acceptors (Lipinski definition) is 9. The highest BCUT2D eigenvalue weighted by molar-refractivity contribution is 7.84. The maximum absolute atomic E-state index is 11.3. The van der Waals surface area contributed by atoms with E-state index < -0.39 is 16.4 Å². The van der Waals surface area contributed by atoms with E-state index in [9.17, 15) is 13.2 Å². The van der Waals surface area contributed by atoms with Crippen LogP contribution in [-0.2, 0) is 43.7 Å². The predicted molar refractivity (Wildman–Crippen MR) is 121 cm³/mol. The van der Waals surface area contributed by atoms with Crippen LogP contribution in [-0.4, -0.2) is 53.7 Å². The molecule has 178 valence electrons. The second-order valence-corrected chi connectivity index (χ2v) is 8.51. The number of rotatable bonds is 12. The van der Waals surface area contributed by atoms with Crippen molar-refractivity contribution in [3.63, 3.8) is 0 Å². The van der Waals surface area contributed by atoms with E-state index in [2.05, 4.69) is 29.8 Å². The molecule has 1 amide bonds. The summed E-state index contributed by atoms with van der Waals surface area (Å²) in [4.78, 5) is 24.3. The van der Waals surface area contributed by atoms with Gasteiger partial charge in [0.15, 0.2) is 11.5 Å². The van der Waals surface area contributed by atoms with E-state index in [-0.39, 0.29) is 12.5 Å². The molecule has 4 N–H and O–H groups in total. The number of imidazole rings is 1. The lowest BCUT2D eigenvalue weighted by atomic mass is 10.1. The van der Waals surface area contributed by atoms with Crippen LogP contribution in [0.5, 0.6) is 0 Å². The van der Waals surface area contributed by atoms with Crippen molar-refractivity contribution in [1.82, 2.24) is 24.8 Å². The average molecular weight is 478 g/mol. The maximum Gasteiger partial charge on any atom is 0.333 e. The Labute approximate surface area is 191 Å². The van der Waals surface area contributed by atoms with Gasteiger partial charge in [-0.3, -0.25) is 8.98 Å². The van der Waals surface area contributed by atoms with Gasteiger partial charge in [0.05, 0.1) is 19.0 Å². The zero-order chi connectivity index (χ0) is 23.8. The van der Waals surface area contributed by atoms with Gasteiger partial charge < -0.3 is 19.9 Å². The minimum Gasteiger partial charge on any atom is -0.379 e. The van der Waals surface area contributed by atoms with Gasteiger partial charge in [-0.2, -0.15) is 8.42 Å². The molecule has 2 aromatic heterocycles. The van der Waals surface area contributed by atoms with Gasteiger partial charge in [-0.05, 0) is 17.5 Å². The molecule has 0 aliphatic heterocycles. The molecule has 0 saturated heterocycles. The normalized spacial score (nSPS) is 12.6. The van der Waals surface area contributed by atoms with Crippen molar-refractivity contribution in [3.05, 3.63) is 48.0 Å². The van der Waals surface area contributed by atoms with Crippen LogP contribution in [0.3, 0.4) is 0 Å². The molecule has 0 spiro atoms. The van der Waals surface area contributed by atoms with E-state index in [1.165, 1.54) is 20.4 Å². The van der Waals surface area contributed by atoms with Crippen molar-refractivity contribution >= 4 is 33.2 Å². The number of nitrogens with zero attached hydrogens (tertiary/aromatic N) is 4. The monoisotopic (exact) mass is 477 g/mol. The van der Waals surface area contributed by atoms with Gasteiger partial charge in [0.25, 0.3) is 0 Å². The first-order valence-corrected chi connectivity index (χ1v) is 11.6. The number of amides is 1. The Morgan fingerprint density at radius 3 is 2.58 bits per heavy atom. The third-order valence-electron chi connectivity index (χ3n) is 4.94. The minimum atomic E-state index is -4.03. The summed E-state index contributed by atoms with van der Waals surface area (Å²) >= 11 is 0. The van der Waals surface area contributed by atoms with E-state index in [0.717, 1.165) is 11.1 Å². The number of carbonyl (C=O) groups excluding carboxylic acids is 1. The number of hydrogen-bond donors (Lipinski definition) is 3. The molecule has 0 unspecified atom stereocenters. The van der Waals surface area contributed by atoms with Gasteiger partial charge in [0.2, 0.25) is 5.91 Å². The molecular weight excluding hydrogens is 450 g/mol. The lowest BCUT2D eigenvalue weighted by Gasteiger charge is -2.15. The van der Waals surface area contributed by atoms with E-state index in [0.29, 0.717) is 43.0 Å². The van der Waals surface area contributed by atoms with Crippen molar-refractivity contribution in [2.75, 3.05) is 19.0 Å². The number of anilines is 1. The van der Waals surface area contributed by atoms with Crippen LogP contribution in [0.1, 0.15) is 24.5 Å². The summed E-state index contributed by atoms with van der Waals surface area (Å²) in [7, 11) is -2.56. The van der Waals surface area contributed by atoms with Crippen LogP contribution in [0.25, 0.3) is 11.2 Å². The van der Waals surface area contributed by atoms with Gasteiger partial charge in [0.1, 0.15) is 11.8 Å². The zero-order valence-corrected chi connectivity index (χ0v) is 19.2. The largest absolute Gasteiger partial charge is 0.379 e. The molecule has 0 radical (unpaired) electrons. The molecule has 3 aromatic rings. The second-order valence-electron chi connectivity index (χ2n) is 7.29. The first-order valence-electron chi connectivity index (χ1n) is 10.2. The van der Waals surface area contributed by atoms with Crippen molar-refractivity contribution in [3.8, 4) is 0 Å². The molecule has 2 heterocycles. The molecule has 1 aromatic carbocycles. The first kappa shape index (κ1) is 24.5. The van der Waals surface area contributed by atoms with Crippen LogP contribution in [0.4, 0.5) is 5.82 Å². The van der Waals surface area contributed by atoms with Crippen molar-refractivity contribution in [2.45, 2.75) is 39.1 Å². The number of aromatic nitrogens is 4. The molecule has 12 nitrogen and oxygen atoms in total. The van der Waals surface area contributed by atoms with Crippen molar-refractivity contribution in [2.24, 2.45) is 5.14 Å². The van der Waals surface area contributed by atoms with Crippen LogP contribution in [0, 0.1) is 0 Å². The minimum absolute atomic E-state index is 0.0901. The lowest BCUT2D eigenvalue weighted by Crippen LogP contribution is -2.25. The molecule has 0 bridgehead atoms. The molecule has 3 rings (SSSR count). The molecule has 33 heavy (non-hydrogen) atoms. The molecule has 0 fully saturated rings. The predicted octanol–water partition coefficient (Wildman–Crippen LogP) is 0.700. The summed E-state index contributed by atoms with van der Waals surface area (Å²) < 4.78 is 33.7. The third-order valence-corrected chi connectivity index (χ3v) is 5.40. The summed E-state index contributed by atoms with van der Waals surface area (Å²) in [6.07, 6.45) is 3.08. The number of fused-ring (bicyclic) bond motifs is 1. The number of methoxy groups -OCH3 is 1. The third kappa shape index (κ3) is 7.18. The fourth-order valence-electron chi connectivity index (χ4n) is 3.20. The number of carbonyl (C=O) groups is 1. The van der Waals surface area contributed by atoms with Crippen molar-refractivity contribution < 1.29 is 22.1 Å². The van der Waals surface area contributed by atoms with E-state index in [1.807, 2.05) is 28.8 Å². The molecule has 13 heteroatoms. The highest BCUT2D eigenvalue weighted by atomic mass is 32.2. The summed E-state index contributed by atoms with van der Waals surface area (Å²) in [5.41, 5.74) is 3.26. The maximum atomic E-state index is 11.3. The Kier molecular flexibility index (Phi) is 8.27. The summed E-state index contributed by atoms with van der Waals surface area (Å²) in [5, 5.41) is 11.0. The van der Waals surface area contributed by atoms with E-state index >= 15 is 0 Å². The number of benzene rings is 1. The number of nitrogens with one attached hydrogen (secondary N) is 2. The Balaban J connectivity index is 1.68. The molecular formula is C20H27N7O5S.